The molecular weight excluding hydrogens is 406 g/mol. The summed E-state index contributed by atoms with van der Waals surface area (Å²) < 4.78 is 14.7. The number of hydrogen-bond acceptors (Lipinski definition) is 5. The molecule has 2 aromatic carbocycles. The fourth-order valence-corrected chi connectivity index (χ4v) is 4.01. The lowest BCUT2D eigenvalue weighted by Gasteiger charge is -2.23. The van der Waals surface area contributed by atoms with Crippen molar-refractivity contribution in [2.24, 2.45) is 0 Å². The second-order valence-electron chi connectivity index (χ2n) is 7.31. The van der Waals surface area contributed by atoms with Crippen molar-refractivity contribution < 1.29 is 14.3 Å². The van der Waals surface area contributed by atoms with Gasteiger partial charge in [-0.25, -0.2) is 9.78 Å². The quantitative estimate of drug-likeness (QED) is 0.413. The molecule has 0 amide bonds. The van der Waals surface area contributed by atoms with E-state index in [-0.39, 0.29) is 23.6 Å². The molecule has 32 heavy (non-hydrogen) atoms. The number of ether oxygens (including phenoxy) is 2. The summed E-state index contributed by atoms with van der Waals surface area (Å²) in [5.41, 5.74) is 2.31. The van der Waals surface area contributed by atoms with Crippen LogP contribution in [0.15, 0.2) is 72.2 Å². The number of hydrogen-bond donors (Lipinski definition) is 0. The highest BCUT2D eigenvalue weighted by molar-refractivity contribution is 5.94. The van der Waals surface area contributed by atoms with Crippen LogP contribution in [0.3, 0.4) is 0 Å². The predicted molar refractivity (Wildman–Crippen MR) is 122 cm³/mol. The minimum absolute atomic E-state index is 0.0187. The molecular formula is C25H25N3O4. The summed E-state index contributed by atoms with van der Waals surface area (Å²) in [5, 5.41) is 0.412. The van der Waals surface area contributed by atoms with Crippen molar-refractivity contribution in [2.45, 2.75) is 26.4 Å². The Labute approximate surface area is 185 Å². The molecule has 0 aliphatic carbocycles. The fraction of sp³-hybridized carbons (Fsp3) is 0.240. The number of rotatable bonds is 7. The molecule has 7 heteroatoms. The van der Waals surface area contributed by atoms with Crippen LogP contribution in [0.2, 0.25) is 0 Å². The van der Waals surface area contributed by atoms with Gasteiger partial charge in [-0.05, 0) is 31.5 Å². The molecule has 0 saturated heterocycles. The van der Waals surface area contributed by atoms with Crippen LogP contribution in [0.4, 0.5) is 0 Å². The zero-order chi connectivity index (χ0) is 22.7. The highest BCUT2D eigenvalue weighted by atomic mass is 16.5. The van der Waals surface area contributed by atoms with Crippen molar-refractivity contribution in [1.82, 2.24) is 14.1 Å². The van der Waals surface area contributed by atoms with E-state index >= 15 is 0 Å². The molecule has 2 aromatic heterocycles. The lowest BCUT2D eigenvalue weighted by Crippen LogP contribution is -2.21. The SMILES string of the molecule is CCOC(=O)c1cn(CC)c2cc(C(c3ccccc3)n3ccnc3)c(OC)cc2c1=O. The summed E-state index contributed by atoms with van der Waals surface area (Å²) in [6.07, 6.45) is 6.97. The first-order chi connectivity index (χ1) is 15.6. The molecule has 0 fully saturated rings. The van der Waals surface area contributed by atoms with Crippen molar-refractivity contribution in [3.05, 3.63) is 94.3 Å². The third-order valence-electron chi connectivity index (χ3n) is 5.50. The first-order valence-electron chi connectivity index (χ1n) is 10.5. The Morgan fingerprint density at radius 3 is 2.56 bits per heavy atom. The van der Waals surface area contributed by atoms with Crippen molar-refractivity contribution in [3.63, 3.8) is 0 Å². The summed E-state index contributed by atoms with van der Waals surface area (Å²) >= 11 is 0. The van der Waals surface area contributed by atoms with Crippen LogP contribution in [0.25, 0.3) is 10.9 Å². The minimum atomic E-state index is -0.620. The van der Waals surface area contributed by atoms with Crippen LogP contribution >= 0.6 is 0 Å². The predicted octanol–water partition coefficient (Wildman–Crippen LogP) is 4.04. The Balaban J connectivity index is 2.01. The van der Waals surface area contributed by atoms with Gasteiger partial charge in [0.1, 0.15) is 11.3 Å². The average molecular weight is 431 g/mol. The van der Waals surface area contributed by atoms with Gasteiger partial charge in [0.15, 0.2) is 0 Å². The molecule has 0 aliphatic heterocycles. The highest BCUT2D eigenvalue weighted by Gasteiger charge is 2.24. The number of imidazole rings is 1. The highest BCUT2D eigenvalue weighted by Crippen LogP contribution is 2.35. The van der Waals surface area contributed by atoms with Gasteiger partial charge >= 0.3 is 5.97 Å². The lowest BCUT2D eigenvalue weighted by molar-refractivity contribution is 0.0524. The van der Waals surface area contributed by atoms with E-state index in [1.165, 1.54) is 0 Å². The van der Waals surface area contributed by atoms with Gasteiger partial charge < -0.3 is 18.6 Å². The summed E-state index contributed by atoms with van der Waals surface area (Å²) in [7, 11) is 1.58. The number of pyridine rings is 1. The van der Waals surface area contributed by atoms with E-state index in [0.717, 1.165) is 16.6 Å². The number of carbonyl (C=O) groups is 1. The number of benzene rings is 2. The normalized spacial score (nSPS) is 12.0. The molecule has 0 radical (unpaired) electrons. The Morgan fingerprint density at radius 1 is 1.16 bits per heavy atom. The zero-order valence-corrected chi connectivity index (χ0v) is 18.3. The van der Waals surface area contributed by atoms with E-state index in [1.807, 2.05) is 58.7 Å². The molecule has 7 nitrogen and oxygen atoms in total. The topological polar surface area (TPSA) is 75.3 Å². The Morgan fingerprint density at radius 2 is 1.94 bits per heavy atom. The van der Waals surface area contributed by atoms with Crippen LogP contribution < -0.4 is 10.2 Å². The second kappa shape index (κ2) is 9.09. The molecule has 1 unspecified atom stereocenters. The van der Waals surface area contributed by atoms with Crippen molar-refractivity contribution in [1.29, 1.82) is 0 Å². The molecule has 0 bridgehead atoms. The van der Waals surface area contributed by atoms with E-state index < -0.39 is 5.97 Å². The first kappa shape index (κ1) is 21.4. The van der Waals surface area contributed by atoms with Crippen molar-refractivity contribution in [2.75, 3.05) is 13.7 Å². The van der Waals surface area contributed by atoms with Gasteiger partial charge in [0, 0.05) is 30.7 Å². The van der Waals surface area contributed by atoms with Crippen LogP contribution in [0.1, 0.15) is 41.4 Å². The van der Waals surface area contributed by atoms with Crippen molar-refractivity contribution >= 4 is 16.9 Å². The van der Waals surface area contributed by atoms with E-state index in [1.54, 1.807) is 38.8 Å². The summed E-state index contributed by atoms with van der Waals surface area (Å²) in [6.45, 7) is 4.46. The molecule has 0 saturated carbocycles. The van der Waals surface area contributed by atoms with Gasteiger partial charge in [-0.1, -0.05) is 30.3 Å². The van der Waals surface area contributed by atoms with Gasteiger partial charge in [-0.2, -0.15) is 0 Å². The van der Waals surface area contributed by atoms with Crippen LogP contribution in [0, 0.1) is 0 Å². The summed E-state index contributed by atoms with van der Waals surface area (Å²) in [4.78, 5) is 29.8. The third-order valence-corrected chi connectivity index (χ3v) is 5.50. The van der Waals surface area contributed by atoms with Gasteiger partial charge in [0.25, 0.3) is 0 Å². The number of fused-ring (bicyclic) bond motifs is 1. The van der Waals surface area contributed by atoms with E-state index in [4.69, 9.17) is 9.47 Å². The molecule has 164 valence electrons. The number of aryl methyl sites for hydroxylation is 1. The molecule has 1 atom stereocenters. The first-order valence-corrected chi connectivity index (χ1v) is 10.5. The van der Waals surface area contributed by atoms with Gasteiger partial charge in [0.2, 0.25) is 5.43 Å². The molecule has 4 rings (SSSR count). The molecule has 0 aliphatic rings. The Hall–Kier alpha value is -3.87. The number of aromatic nitrogens is 3. The maximum Gasteiger partial charge on any atom is 0.343 e. The maximum absolute atomic E-state index is 13.2. The number of methoxy groups -OCH3 is 1. The van der Waals surface area contributed by atoms with Crippen LogP contribution in [-0.2, 0) is 11.3 Å². The van der Waals surface area contributed by atoms with E-state index in [9.17, 15) is 9.59 Å². The fourth-order valence-electron chi connectivity index (χ4n) is 4.01. The standard InChI is InChI=1S/C25H25N3O4/c1-4-27-15-20(25(30)32-5-2)24(29)18-14-22(31-3)19(13-21(18)27)23(28-12-11-26-16-28)17-9-7-6-8-10-17/h6-16,23H,4-5H2,1-3H3. The van der Waals surface area contributed by atoms with Gasteiger partial charge in [0.05, 0.1) is 37.0 Å². The minimum Gasteiger partial charge on any atom is -0.496 e. The number of carbonyl (C=O) groups excluding carboxylic acids is 1. The average Bonchev–Trinajstić information content (AvgIpc) is 3.34. The van der Waals surface area contributed by atoms with E-state index in [0.29, 0.717) is 17.7 Å². The van der Waals surface area contributed by atoms with Crippen LogP contribution in [0.5, 0.6) is 5.75 Å². The summed E-state index contributed by atoms with van der Waals surface area (Å²) in [5.74, 6) is -0.0639. The summed E-state index contributed by atoms with van der Waals surface area (Å²) in [6, 6.07) is 13.5. The number of nitrogens with zero attached hydrogens (tertiary/aromatic N) is 3. The maximum atomic E-state index is 13.2. The monoisotopic (exact) mass is 431 g/mol. The largest absolute Gasteiger partial charge is 0.496 e. The second-order valence-corrected chi connectivity index (χ2v) is 7.31. The molecule has 4 aromatic rings. The van der Waals surface area contributed by atoms with E-state index in [2.05, 4.69) is 4.98 Å². The molecule has 0 N–H and O–H groups in total. The Kier molecular flexibility index (Phi) is 6.07. The smallest absolute Gasteiger partial charge is 0.343 e. The lowest BCUT2D eigenvalue weighted by atomic mass is 9.95. The Bertz CT molecular complexity index is 1290. The van der Waals surface area contributed by atoms with Crippen molar-refractivity contribution in [3.8, 4) is 5.75 Å². The zero-order valence-electron chi connectivity index (χ0n) is 18.3. The van der Waals surface area contributed by atoms with Gasteiger partial charge in [-0.3, -0.25) is 4.79 Å². The number of esters is 1. The molecule has 2 heterocycles. The van der Waals surface area contributed by atoms with Crippen LogP contribution in [-0.4, -0.2) is 33.8 Å². The molecule has 0 spiro atoms. The van der Waals surface area contributed by atoms with Gasteiger partial charge in [-0.15, -0.1) is 0 Å². The third kappa shape index (κ3) is 3.77.